The largest absolute Gasteiger partial charge is 0.376 e. The third-order valence-electron chi connectivity index (χ3n) is 2.57. The lowest BCUT2D eigenvalue weighted by atomic mass is 10.3. The van der Waals surface area contributed by atoms with E-state index in [0.29, 0.717) is 12.1 Å². The van der Waals surface area contributed by atoms with Crippen molar-refractivity contribution in [3.63, 3.8) is 0 Å². The molecule has 0 unspecified atom stereocenters. The Labute approximate surface area is 92.3 Å². The number of nitrogens with one attached hydrogen (secondary N) is 1. The van der Waals surface area contributed by atoms with Crippen molar-refractivity contribution in [3.05, 3.63) is 0 Å². The second kappa shape index (κ2) is 7.51. The maximum atomic E-state index is 5.68. The lowest BCUT2D eigenvalue weighted by Gasteiger charge is -2.11. The molecular weight excluding hydrogens is 190 g/mol. The number of nitrogens with zero attached hydrogens (tertiary/aromatic N) is 1. The fourth-order valence-corrected chi connectivity index (χ4v) is 1.75. The molecule has 3 N–H and O–H groups in total. The summed E-state index contributed by atoms with van der Waals surface area (Å²) in [6.45, 7) is 4.37. The van der Waals surface area contributed by atoms with E-state index >= 15 is 0 Å². The Morgan fingerprint density at radius 3 is 2.87 bits per heavy atom. The molecule has 0 heterocycles. The average Bonchev–Trinajstić information content (AvgIpc) is 2.74. The molecule has 0 atom stereocenters. The summed E-state index contributed by atoms with van der Waals surface area (Å²) in [5, 5.41) is 3.04. The van der Waals surface area contributed by atoms with Crippen molar-refractivity contribution in [2.24, 2.45) is 10.7 Å². The minimum atomic E-state index is 0.487. The minimum absolute atomic E-state index is 0.487. The van der Waals surface area contributed by atoms with Crippen LogP contribution in [0.25, 0.3) is 0 Å². The van der Waals surface area contributed by atoms with E-state index in [1.165, 1.54) is 25.7 Å². The van der Waals surface area contributed by atoms with Crippen molar-refractivity contribution in [1.29, 1.82) is 0 Å². The highest BCUT2D eigenvalue weighted by atomic mass is 16.5. The summed E-state index contributed by atoms with van der Waals surface area (Å²) in [6, 6.07) is 0. The zero-order valence-electron chi connectivity index (χ0n) is 9.67. The molecule has 4 nitrogen and oxygen atoms in total. The SMILES string of the molecule is CCCN=C(N)NCCOC1CCCC1. The molecule has 1 rings (SSSR count). The molecule has 4 heteroatoms. The predicted octanol–water partition coefficient (Wildman–Crippen LogP) is 1.26. The van der Waals surface area contributed by atoms with Gasteiger partial charge in [0, 0.05) is 13.1 Å². The fraction of sp³-hybridized carbons (Fsp3) is 0.909. The molecule has 1 saturated carbocycles. The van der Waals surface area contributed by atoms with Gasteiger partial charge in [0.15, 0.2) is 5.96 Å². The van der Waals surface area contributed by atoms with Crippen molar-refractivity contribution in [2.75, 3.05) is 19.7 Å². The molecule has 88 valence electrons. The quantitative estimate of drug-likeness (QED) is 0.397. The average molecular weight is 213 g/mol. The van der Waals surface area contributed by atoms with Crippen LogP contribution in [0.2, 0.25) is 0 Å². The molecule has 0 saturated heterocycles. The standard InChI is InChI=1S/C11H23N3O/c1-2-7-13-11(12)14-8-9-15-10-5-3-4-6-10/h10H,2-9H2,1H3,(H3,12,13,14). The number of nitrogens with two attached hydrogens (primary N) is 1. The van der Waals surface area contributed by atoms with Crippen LogP contribution in [0, 0.1) is 0 Å². The normalized spacial score (nSPS) is 18.3. The van der Waals surface area contributed by atoms with Crippen molar-refractivity contribution >= 4 is 5.96 Å². The Balaban J connectivity index is 1.95. The third-order valence-corrected chi connectivity index (χ3v) is 2.57. The van der Waals surface area contributed by atoms with Crippen LogP contribution < -0.4 is 11.1 Å². The number of ether oxygens (including phenoxy) is 1. The second-order valence-electron chi connectivity index (χ2n) is 3.97. The van der Waals surface area contributed by atoms with Crippen molar-refractivity contribution in [2.45, 2.75) is 45.1 Å². The summed E-state index contributed by atoms with van der Waals surface area (Å²) < 4.78 is 5.68. The van der Waals surface area contributed by atoms with E-state index < -0.39 is 0 Å². The molecule has 0 aliphatic heterocycles. The molecule has 0 aromatic carbocycles. The first kappa shape index (κ1) is 12.3. The first-order valence-electron chi connectivity index (χ1n) is 5.98. The number of guanidine groups is 1. The molecule has 0 bridgehead atoms. The zero-order valence-corrected chi connectivity index (χ0v) is 9.67. The molecule has 1 aliphatic rings. The molecule has 0 spiro atoms. The summed E-state index contributed by atoms with van der Waals surface area (Å²) in [6.07, 6.45) is 6.59. The topological polar surface area (TPSA) is 59.6 Å². The van der Waals surface area contributed by atoms with Gasteiger partial charge < -0.3 is 15.8 Å². The van der Waals surface area contributed by atoms with Gasteiger partial charge in [-0.3, -0.25) is 4.99 Å². The highest BCUT2D eigenvalue weighted by molar-refractivity contribution is 5.77. The monoisotopic (exact) mass is 213 g/mol. The maximum Gasteiger partial charge on any atom is 0.188 e. The molecule has 1 fully saturated rings. The Bertz CT molecular complexity index is 188. The van der Waals surface area contributed by atoms with Gasteiger partial charge in [0.1, 0.15) is 0 Å². The third kappa shape index (κ3) is 5.62. The number of hydrogen-bond acceptors (Lipinski definition) is 2. The van der Waals surface area contributed by atoms with E-state index in [4.69, 9.17) is 10.5 Å². The van der Waals surface area contributed by atoms with Gasteiger partial charge in [-0.15, -0.1) is 0 Å². The Morgan fingerprint density at radius 2 is 2.20 bits per heavy atom. The number of hydrogen-bond donors (Lipinski definition) is 2. The van der Waals surface area contributed by atoms with Crippen LogP contribution in [0.15, 0.2) is 4.99 Å². The first-order valence-corrected chi connectivity index (χ1v) is 5.98. The van der Waals surface area contributed by atoms with E-state index in [0.717, 1.165) is 26.1 Å². The van der Waals surface area contributed by atoms with Crippen LogP contribution in [-0.2, 0) is 4.74 Å². The van der Waals surface area contributed by atoms with Crippen molar-refractivity contribution in [1.82, 2.24) is 5.32 Å². The first-order chi connectivity index (χ1) is 7.33. The molecule has 0 amide bonds. The van der Waals surface area contributed by atoms with Crippen molar-refractivity contribution < 1.29 is 4.74 Å². The van der Waals surface area contributed by atoms with Gasteiger partial charge in [0.05, 0.1) is 12.7 Å². The van der Waals surface area contributed by atoms with Crippen LogP contribution in [-0.4, -0.2) is 31.8 Å². The minimum Gasteiger partial charge on any atom is -0.376 e. The highest BCUT2D eigenvalue weighted by Crippen LogP contribution is 2.20. The van der Waals surface area contributed by atoms with E-state index in [9.17, 15) is 0 Å². The molecule has 1 aliphatic carbocycles. The van der Waals surface area contributed by atoms with Gasteiger partial charge in [-0.2, -0.15) is 0 Å². The van der Waals surface area contributed by atoms with Crippen LogP contribution in [0.5, 0.6) is 0 Å². The predicted molar refractivity (Wildman–Crippen MR) is 63.0 cm³/mol. The van der Waals surface area contributed by atoms with Gasteiger partial charge in [0.25, 0.3) is 0 Å². The second-order valence-corrected chi connectivity index (χ2v) is 3.97. The van der Waals surface area contributed by atoms with Crippen LogP contribution in [0.3, 0.4) is 0 Å². The summed E-state index contributed by atoms with van der Waals surface area (Å²) in [5.74, 6) is 0.534. The molecule has 15 heavy (non-hydrogen) atoms. The van der Waals surface area contributed by atoms with E-state index in [-0.39, 0.29) is 0 Å². The lowest BCUT2D eigenvalue weighted by Crippen LogP contribution is -2.34. The number of rotatable bonds is 6. The Morgan fingerprint density at radius 1 is 1.47 bits per heavy atom. The van der Waals surface area contributed by atoms with Gasteiger partial charge >= 0.3 is 0 Å². The lowest BCUT2D eigenvalue weighted by molar-refractivity contribution is 0.0623. The molecule has 0 aromatic rings. The Kier molecular flexibility index (Phi) is 6.16. The van der Waals surface area contributed by atoms with E-state index in [1.54, 1.807) is 0 Å². The summed E-state index contributed by atoms with van der Waals surface area (Å²) >= 11 is 0. The molecular formula is C11H23N3O. The van der Waals surface area contributed by atoms with Crippen LogP contribution in [0.4, 0.5) is 0 Å². The van der Waals surface area contributed by atoms with Crippen LogP contribution in [0.1, 0.15) is 39.0 Å². The molecule has 0 aromatic heterocycles. The summed E-state index contributed by atoms with van der Waals surface area (Å²) in [4.78, 5) is 4.14. The van der Waals surface area contributed by atoms with Crippen molar-refractivity contribution in [3.8, 4) is 0 Å². The van der Waals surface area contributed by atoms with Gasteiger partial charge in [0.2, 0.25) is 0 Å². The summed E-state index contributed by atoms with van der Waals surface area (Å²) in [5.41, 5.74) is 5.64. The Hall–Kier alpha value is -0.770. The van der Waals surface area contributed by atoms with E-state index in [1.807, 2.05) is 0 Å². The maximum absolute atomic E-state index is 5.68. The smallest absolute Gasteiger partial charge is 0.188 e. The van der Waals surface area contributed by atoms with Gasteiger partial charge in [-0.25, -0.2) is 0 Å². The van der Waals surface area contributed by atoms with E-state index in [2.05, 4.69) is 17.2 Å². The number of aliphatic imine (C=N–C) groups is 1. The van der Waals surface area contributed by atoms with Crippen LogP contribution >= 0.6 is 0 Å². The molecule has 0 radical (unpaired) electrons. The summed E-state index contributed by atoms with van der Waals surface area (Å²) in [7, 11) is 0. The van der Waals surface area contributed by atoms with Gasteiger partial charge in [-0.1, -0.05) is 19.8 Å². The fourth-order valence-electron chi connectivity index (χ4n) is 1.75. The van der Waals surface area contributed by atoms with Gasteiger partial charge in [-0.05, 0) is 19.3 Å². The highest BCUT2D eigenvalue weighted by Gasteiger charge is 2.14. The zero-order chi connectivity index (χ0) is 10.9.